The number of carbonyl (C=O) groups is 1. The predicted molar refractivity (Wildman–Crippen MR) is 84.5 cm³/mol. The zero-order chi connectivity index (χ0) is 16.1. The molecule has 22 heavy (non-hydrogen) atoms. The zero-order valence-electron chi connectivity index (χ0n) is 12.7. The van der Waals surface area contributed by atoms with E-state index in [1.165, 1.54) is 11.0 Å². The van der Waals surface area contributed by atoms with Crippen LogP contribution < -0.4 is 0 Å². The molecule has 2 aromatic carbocycles. The van der Waals surface area contributed by atoms with Crippen LogP contribution in [0.5, 0.6) is 0 Å². The van der Waals surface area contributed by atoms with E-state index in [2.05, 4.69) is 0 Å². The van der Waals surface area contributed by atoms with E-state index in [9.17, 15) is 14.9 Å². The van der Waals surface area contributed by atoms with Gasteiger partial charge in [0.05, 0.1) is 17.9 Å². The average molecular weight is 298 g/mol. The van der Waals surface area contributed by atoms with Crippen LogP contribution in [0.2, 0.25) is 0 Å². The Kier molecular flexibility index (Phi) is 4.88. The highest BCUT2D eigenvalue weighted by Crippen LogP contribution is 2.19. The summed E-state index contributed by atoms with van der Waals surface area (Å²) < 4.78 is 0. The first kappa shape index (κ1) is 15.7. The van der Waals surface area contributed by atoms with E-state index in [0.29, 0.717) is 12.0 Å². The van der Waals surface area contributed by atoms with Gasteiger partial charge >= 0.3 is 0 Å². The lowest BCUT2D eigenvalue weighted by molar-refractivity contribution is -0.385. The van der Waals surface area contributed by atoms with Gasteiger partial charge in [-0.15, -0.1) is 0 Å². The Labute approximate surface area is 129 Å². The van der Waals surface area contributed by atoms with Gasteiger partial charge in [0.15, 0.2) is 0 Å². The number of nitro benzene ring substituents is 1. The van der Waals surface area contributed by atoms with Crippen molar-refractivity contribution < 1.29 is 9.72 Å². The maximum absolute atomic E-state index is 12.3. The minimum Gasteiger partial charge on any atom is -0.341 e. The zero-order valence-corrected chi connectivity index (χ0v) is 12.7. The fourth-order valence-corrected chi connectivity index (χ4v) is 2.27. The molecule has 0 spiro atoms. The fraction of sp³-hybridized carbons (Fsp3) is 0.235. The van der Waals surface area contributed by atoms with Crippen molar-refractivity contribution in [1.29, 1.82) is 0 Å². The first-order valence-corrected chi connectivity index (χ1v) is 7.00. The van der Waals surface area contributed by atoms with Crippen LogP contribution >= 0.6 is 0 Å². The van der Waals surface area contributed by atoms with E-state index in [-0.39, 0.29) is 18.1 Å². The van der Waals surface area contributed by atoms with Crippen LogP contribution in [0.3, 0.4) is 0 Å². The number of nitro groups is 1. The van der Waals surface area contributed by atoms with Crippen molar-refractivity contribution >= 4 is 11.6 Å². The molecular formula is C17H18N2O3. The summed E-state index contributed by atoms with van der Waals surface area (Å²) in [5.74, 6) is -0.0625. The highest BCUT2D eigenvalue weighted by atomic mass is 16.6. The molecule has 2 rings (SSSR count). The number of carbonyl (C=O) groups excluding carboxylic acids is 1. The van der Waals surface area contributed by atoms with Crippen molar-refractivity contribution in [3.63, 3.8) is 0 Å². The summed E-state index contributed by atoms with van der Waals surface area (Å²) in [5.41, 5.74) is 2.61. The number of amides is 1. The van der Waals surface area contributed by atoms with Crippen LogP contribution in [0.15, 0.2) is 48.5 Å². The number of aryl methyl sites for hydroxylation is 1. The lowest BCUT2D eigenvalue weighted by Gasteiger charge is -2.18. The second-order valence-electron chi connectivity index (χ2n) is 5.24. The monoisotopic (exact) mass is 298 g/mol. The SMILES string of the molecule is Cc1ccccc1CC(=O)N(C)Cc1ccccc1[N+](=O)[O-]. The minimum atomic E-state index is -0.422. The third-order valence-electron chi connectivity index (χ3n) is 3.62. The van der Waals surface area contributed by atoms with Crippen LogP contribution in [0.4, 0.5) is 5.69 Å². The number of likely N-dealkylation sites (N-methyl/N-ethyl adjacent to an activating group) is 1. The second kappa shape index (κ2) is 6.85. The molecule has 1 amide bonds. The molecule has 0 aliphatic heterocycles. The summed E-state index contributed by atoms with van der Waals surface area (Å²) in [5, 5.41) is 11.0. The highest BCUT2D eigenvalue weighted by Gasteiger charge is 2.17. The fourth-order valence-electron chi connectivity index (χ4n) is 2.27. The van der Waals surface area contributed by atoms with E-state index in [1.54, 1.807) is 25.2 Å². The molecule has 0 aromatic heterocycles. The predicted octanol–water partition coefficient (Wildman–Crippen LogP) is 3.10. The summed E-state index contributed by atoms with van der Waals surface area (Å²) in [6.45, 7) is 2.19. The summed E-state index contributed by atoms with van der Waals surface area (Å²) in [6.07, 6.45) is 0.295. The Balaban J connectivity index is 2.09. The molecule has 114 valence electrons. The molecule has 0 saturated carbocycles. The molecule has 0 radical (unpaired) electrons. The molecular weight excluding hydrogens is 280 g/mol. The van der Waals surface area contributed by atoms with Crippen LogP contribution in [0.25, 0.3) is 0 Å². The largest absolute Gasteiger partial charge is 0.341 e. The molecule has 0 saturated heterocycles. The number of nitrogens with zero attached hydrogens (tertiary/aromatic N) is 2. The average Bonchev–Trinajstić information content (AvgIpc) is 2.49. The molecule has 0 atom stereocenters. The smallest absolute Gasteiger partial charge is 0.274 e. The highest BCUT2D eigenvalue weighted by molar-refractivity contribution is 5.79. The molecule has 0 aliphatic rings. The number of benzene rings is 2. The van der Waals surface area contributed by atoms with Gasteiger partial charge in [-0.05, 0) is 18.1 Å². The summed E-state index contributed by atoms with van der Waals surface area (Å²) in [6, 6.07) is 14.2. The van der Waals surface area contributed by atoms with Crippen LogP contribution in [0.1, 0.15) is 16.7 Å². The van der Waals surface area contributed by atoms with Crippen molar-refractivity contribution in [1.82, 2.24) is 4.90 Å². The molecule has 0 fully saturated rings. The number of hydrogen-bond donors (Lipinski definition) is 0. The maximum atomic E-state index is 12.3. The Hall–Kier alpha value is -2.69. The Morgan fingerprint density at radius 1 is 1.09 bits per heavy atom. The van der Waals surface area contributed by atoms with Gasteiger partial charge in [0.1, 0.15) is 0 Å². The number of para-hydroxylation sites is 1. The quantitative estimate of drug-likeness (QED) is 0.629. The lowest BCUT2D eigenvalue weighted by atomic mass is 10.1. The molecule has 5 heteroatoms. The Morgan fingerprint density at radius 2 is 1.68 bits per heavy atom. The Bertz CT molecular complexity index is 698. The molecule has 2 aromatic rings. The Morgan fingerprint density at radius 3 is 2.32 bits per heavy atom. The topological polar surface area (TPSA) is 63.5 Å². The summed E-state index contributed by atoms with van der Waals surface area (Å²) in [4.78, 5) is 24.4. The van der Waals surface area contributed by atoms with Gasteiger partial charge in [0.25, 0.3) is 5.69 Å². The standard InChI is InChI=1S/C17H18N2O3/c1-13-7-3-4-8-14(13)11-17(20)18(2)12-15-9-5-6-10-16(15)19(21)22/h3-10H,11-12H2,1-2H3. The first-order valence-electron chi connectivity index (χ1n) is 7.00. The van der Waals surface area contributed by atoms with Crippen molar-refractivity contribution in [3.05, 3.63) is 75.3 Å². The van der Waals surface area contributed by atoms with Crippen LogP contribution in [-0.4, -0.2) is 22.8 Å². The van der Waals surface area contributed by atoms with Gasteiger partial charge in [-0.2, -0.15) is 0 Å². The van der Waals surface area contributed by atoms with E-state index in [4.69, 9.17) is 0 Å². The van der Waals surface area contributed by atoms with Gasteiger partial charge in [-0.25, -0.2) is 0 Å². The maximum Gasteiger partial charge on any atom is 0.274 e. The molecule has 0 heterocycles. The van der Waals surface area contributed by atoms with Crippen molar-refractivity contribution in [2.45, 2.75) is 19.9 Å². The van der Waals surface area contributed by atoms with Gasteiger partial charge in [-0.1, -0.05) is 42.5 Å². The van der Waals surface area contributed by atoms with Gasteiger partial charge in [0.2, 0.25) is 5.91 Å². The normalized spacial score (nSPS) is 10.3. The van der Waals surface area contributed by atoms with E-state index in [0.717, 1.165) is 11.1 Å². The molecule has 0 aliphatic carbocycles. The molecule has 0 N–H and O–H groups in total. The minimum absolute atomic E-state index is 0.0399. The van der Waals surface area contributed by atoms with Gasteiger partial charge < -0.3 is 4.90 Å². The lowest BCUT2D eigenvalue weighted by Crippen LogP contribution is -2.28. The third kappa shape index (κ3) is 3.69. The van der Waals surface area contributed by atoms with Crippen molar-refractivity contribution in [2.75, 3.05) is 7.05 Å². The summed E-state index contributed by atoms with van der Waals surface area (Å²) >= 11 is 0. The number of rotatable bonds is 5. The van der Waals surface area contributed by atoms with Crippen LogP contribution in [0, 0.1) is 17.0 Å². The van der Waals surface area contributed by atoms with Crippen molar-refractivity contribution in [3.8, 4) is 0 Å². The number of hydrogen-bond acceptors (Lipinski definition) is 3. The molecule has 0 bridgehead atoms. The van der Waals surface area contributed by atoms with Gasteiger partial charge in [-0.3, -0.25) is 14.9 Å². The van der Waals surface area contributed by atoms with E-state index >= 15 is 0 Å². The second-order valence-corrected chi connectivity index (χ2v) is 5.24. The third-order valence-corrected chi connectivity index (χ3v) is 3.62. The summed E-state index contributed by atoms with van der Waals surface area (Å²) in [7, 11) is 1.66. The van der Waals surface area contributed by atoms with Crippen molar-refractivity contribution in [2.24, 2.45) is 0 Å². The van der Waals surface area contributed by atoms with E-state index in [1.807, 2.05) is 31.2 Å². The molecule has 0 unspecified atom stereocenters. The van der Waals surface area contributed by atoms with Crippen LogP contribution in [-0.2, 0) is 17.8 Å². The molecule has 5 nitrogen and oxygen atoms in total. The van der Waals surface area contributed by atoms with Gasteiger partial charge in [0, 0.05) is 18.7 Å². The van der Waals surface area contributed by atoms with E-state index < -0.39 is 4.92 Å². The first-order chi connectivity index (χ1) is 10.5.